The van der Waals surface area contributed by atoms with E-state index in [9.17, 15) is 0 Å². The summed E-state index contributed by atoms with van der Waals surface area (Å²) in [6.07, 6.45) is 1.97. The van der Waals surface area contributed by atoms with Crippen LogP contribution < -0.4 is 5.32 Å². The standard InChI is InChI=1S/C15H21N3O4/c1-10-17-15(22-18-10)14-6-5-12(21-14)8-16-7-11-3-4-13(20-11)9-19-2/h3-4,12,14,16H,5-9H2,1-2H3/t12-,14+/m1/s1. The number of aromatic nitrogens is 2. The van der Waals surface area contributed by atoms with E-state index in [1.165, 1.54) is 0 Å². The predicted octanol–water partition coefficient (Wildman–Crippen LogP) is 2.13. The first-order valence-corrected chi connectivity index (χ1v) is 7.47. The Morgan fingerprint density at radius 1 is 1.32 bits per heavy atom. The molecule has 1 fully saturated rings. The Balaban J connectivity index is 1.41. The van der Waals surface area contributed by atoms with Gasteiger partial charge in [-0.2, -0.15) is 4.98 Å². The molecule has 3 rings (SSSR count). The molecule has 1 saturated heterocycles. The molecule has 1 N–H and O–H groups in total. The molecule has 7 nitrogen and oxygen atoms in total. The molecular formula is C15H21N3O4. The van der Waals surface area contributed by atoms with Crippen LogP contribution in [0.3, 0.4) is 0 Å². The van der Waals surface area contributed by atoms with Gasteiger partial charge < -0.3 is 23.7 Å². The van der Waals surface area contributed by atoms with Gasteiger partial charge >= 0.3 is 0 Å². The lowest BCUT2D eigenvalue weighted by atomic mass is 10.2. The summed E-state index contributed by atoms with van der Waals surface area (Å²) in [7, 11) is 1.65. The molecule has 0 spiro atoms. The summed E-state index contributed by atoms with van der Waals surface area (Å²) in [5, 5.41) is 7.15. The highest BCUT2D eigenvalue weighted by Crippen LogP contribution is 2.31. The van der Waals surface area contributed by atoms with Gasteiger partial charge in [0.05, 0.1) is 12.6 Å². The van der Waals surface area contributed by atoms with Crippen LogP contribution in [-0.4, -0.2) is 29.9 Å². The predicted molar refractivity (Wildman–Crippen MR) is 77.0 cm³/mol. The maximum absolute atomic E-state index is 5.93. The second-order valence-corrected chi connectivity index (χ2v) is 5.44. The SMILES string of the molecule is COCc1ccc(CNC[C@H]2CC[C@@H](c3nc(C)no3)O2)o1. The van der Waals surface area contributed by atoms with Gasteiger partial charge in [0, 0.05) is 13.7 Å². The molecule has 120 valence electrons. The van der Waals surface area contributed by atoms with Crippen molar-refractivity contribution in [1.29, 1.82) is 0 Å². The van der Waals surface area contributed by atoms with E-state index in [1.54, 1.807) is 7.11 Å². The third kappa shape index (κ3) is 3.73. The lowest BCUT2D eigenvalue weighted by molar-refractivity contribution is 0.0262. The van der Waals surface area contributed by atoms with Crippen LogP contribution >= 0.6 is 0 Å². The van der Waals surface area contributed by atoms with Gasteiger partial charge in [-0.05, 0) is 31.9 Å². The Morgan fingerprint density at radius 2 is 2.18 bits per heavy atom. The number of furan rings is 1. The second-order valence-electron chi connectivity index (χ2n) is 5.44. The van der Waals surface area contributed by atoms with E-state index in [4.69, 9.17) is 18.4 Å². The number of methoxy groups -OCH3 is 1. The van der Waals surface area contributed by atoms with Gasteiger partial charge in [-0.15, -0.1) is 0 Å². The van der Waals surface area contributed by atoms with Crippen LogP contribution in [0.4, 0.5) is 0 Å². The van der Waals surface area contributed by atoms with Crippen molar-refractivity contribution in [3.05, 3.63) is 35.4 Å². The number of aryl methyl sites for hydroxylation is 1. The van der Waals surface area contributed by atoms with Crippen molar-refractivity contribution in [2.24, 2.45) is 0 Å². The zero-order chi connectivity index (χ0) is 15.4. The maximum Gasteiger partial charge on any atom is 0.255 e. The molecule has 2 atom stereocenters. The summed E-state index contributed by atoms with van der Waals surface area (Å²) < 4.78 is 21.7. The fraction of sp³-hybridized carbons (Fsp3) is 0.600. The van der Waals surface area contributed by atoms with Crippen LogP contribution in [0.25, 0.3) is 0 Å². The number of nitrogens with one attached hydrogen (secondary N) is 1. The average molecular weight is 307 g/mol. The Bertz CT molecular complexity index is 595. The molecule has 3 heterocycles. The minimum atomic E-state index is -0.0788. The Hall–Kier alpha value is -1.70. The number of nitrogens with zero attached hydrogens (tertiary/aromatic N) is 2. The van der Waals surface area contributed by atoms with E-state index in [1.807, 2.05) is 19.1 Å². The third-order valence-corrected chi connectivity index (χ3v) is 3.60. The van der Waals surface area contributed by atoms with Gasteiger partial charge in [-0.1, -0.05) is 5.16 Å². The van der Waals surface area contributed by atoms with E-state index in [-0.39, 0.29) is 12.2 Å². The molecule has 0 radical (unpaired) electrons. The van der Waals surface area contributed by atoms with Crippen molar-refractivity contribution in [2.75, 3.05) is 13.7 Å². The normalized spacial score (nSPS) is 21.5. The molecule has 2 aromatic rings. The van der Waals surface area contributed by atoms with E-state index in [0.29, 0.717) is 24.9 Å². The summed E-state index contributed by atoms with van der Waals surface area (Å²) in [4.78, 5) is 4.23. The molecule has 0 aliphatic carbocycles. The molecule has 0 aromatic carbocycles. The van der Waals surface area contributed by atoms with Crippen molar-refractivity contribution in [2.45, 2.75) is 45.1 Å². The largest absolute Gasteiger partial charge is 0.462 e. The molecule has 1 aliphatic heterocycles. The minimum absolute atomic E-state index is 0.0788. The van der Waals surface area contributed by atoms with Gasteiger partial charge in [-0.3, -0.25) is 0 Å². The van der Waals surface area contributed by atoms with Gasteiger partial charge in [0.15, 0.2) is 5.82 Å². The van der Waals surface area contributed by atoms with E-state index in [0.717, 1.165) is 30.9 Å². The highest BCUT2D eigenvalue weighted by molar-refractivity contribution is 5.06. The zero-order valence-electron chi connectivity index (χ0n) is 12.9. The van der Waals surface area contributed by atoms with Crippen LogP contribution in [-0.2, 0) is 22.6 Å². The topological polar surface area (TPSA) is 82.5 Å². The Morgan fingerprint density at radius 3 is 2.95 bits per heavy atom. The number of hydrogen-bond acceptors (Lipinski definition) is 7. The molecule has 22 heavy (non-hydrogen) atoms. The fourth-order valence-corrected chi connectivity index (χ4v) is 2.57. The lowest BCUT2D eigenvalue weighted by Crippen LogP contribution is -2.25. The quantitative estimate of drug-likeness (QED) is 0.839. The van der Waals surface area contributed by atoms with Crippen molar-refractivity contribution in [3.63, 3.8) is 0 Å². The molecular weight excluding hydrogens is 286 g/mol. The molecule has 2 aromatic heterocycles. The Labute approximate surface area is 129 Å². The smallest absolute Gasteiger partial charge is 0.255 e. The van der Waals surface area contributed by atoms with E-state index in [2.05, 4.69) is 15.5 Å². The van der Waals surface area contributed by atoms with Crippen LogP contribution in [0.1, 0.15) is 42.2 Å². The fourth-order valence-electron chi connectivity index (χ4n) is 2.57. The van der Waals surface area contributed by atoms with Gasteiger partial charge in [0.1, 0.15) is 24.2 Å². The van der Waals surface area contributed by atoms with Crippen molar-refractivity contribution in [3.8, 4) is 0 Å². The minimum Gasteiger partial charge on any atom is -0.462 e. The monoisotopic (exact) mass is 307 g/mol. The summed E-state index contributed by atoms with van der Waals surface area (Å²) in [6.45, 7) is 3.75. The number of ether oxygens (including phenoxy) is 2. The molecule has 0 unspecified atom stereocenters. The van der Waals surface area contributed by atoms with E-state index < -0.39 is 0 Å². The average Bonchev–Trinajstić information content (AvgIpc) is 3.21. The summed E-state index contributed by atoms with van der Waals surface area (Å²) in [6, 6.07) is 3.89. The Kier molecular flexibility index (Phi) is 4.87. The highest BCUT2D eigenvalue weighted by Gasteiger charge is 2.30. The highest BCUT2D eigenvalue weighted by atomic mass is 16.5. The maximum atomic E-state index is 5.93. The first kappa shape index (κ1) is 15.2. The second kappa shape index (κ2) is 7.04. The van der Waals surface area contributed by atoms with Crippen molar-refractivity contribution in [1.82, 2.24) is 15.5 Å². The molecule has 0 saturated carbocycles. The zero-order valence-corrected chi connectivity index (χ0v) is 12.9. The van der Waals surface area contributed by atoms with Crippen LogP contribution in [0, 0.1) is 6.92 Å². The van der Waals surface area contributed by atoms with Gasteiger partial charge in [0.2, 0.25) is 0 Å². The van der Waals surface area contributed by atoms with Crippen LogP contribution in [0.2, 0.25) is 0 Å². The summed E-state index contributed by atoms with van der Waals surface area (Å²) in [5.41, 5.74) is 0. The van der Waals surface area contributed by atoms with E-state index >= 15 is 0 Å². The molecule has 0 bridgehead atoms. The molecule has 1 aliphatic rings. The van der Waals surface area contributed by atoms with Crippen molar-refractivity contribution < 1.29 is 18.4 Å². The molecule has 0 amide bonds. The first-order valence-electron chi connectivity index (χ1n) is 7.47. The third-order valence-electron chi connectivity index (χ3n) is 3.60. The van der Waals surface area contributed by atoms with Crippen LogP contribution in [0.5, 0.6) is 0 Å². The lowest BCUT2D eigenvalue weighted by Gasteiger charge is -2.11. The van der Waals surface area contributed by atoms with Gasteiger partial charge in [-0.25, -0.2) is 0 Å². The number of rotatable bonds is 7. The first-order chi connectivity index (χ1) is 10.7. The van der Waals surface area contributed by atoms with Crippen LogP contribution in [0.15, 0.2) is 21.1 Å². The summed E-state index contributed by atoms with van der Waals surface area (Å²) >= 11 is 0. The van der Waals surface area contributed by atoms with Gasteiger partial charge in [0.25, 0.3) is 5.89 Å². The number of hydrogen-bond donors (Lipinski definition) is 1. The summed E-state index contributed by atoms with van der Waals surface area (Å²) in [5.74, 6) is 2.96. The molecule has 7 heteroatoms. The van der Waals surface area contributed by atoms with Crippen molar-refractivity contribution >= 4 is 0 Å².